The minimum atomic E-state index is -0.754. The highest BCUT2D eigenvalue weighted by atomic mass is 19.1. The molecule has 0 aliphatic heterocycles. The molecule has 1 fully saturated rings. The molecule has 0 bridgehead atoms. The third-order valence-corrected chi connectivity index (χ3v) is 4.57. The molecule has 1 saturated carbocycles. The van der Waals surface area contributed by atoms with Gasteiger partial charge >= 0.3 is 5.69 Å². The van der Waals surface area contributed by atoms with Crippen molar-refractivity contribution in [2.24, 2.45) is 5.41 Å². The van der Waals surface area contributed by atoms with Crippen LogP contribution in [-0.2, 0) is 6.54 Å². The van der Waals surface area contributed by atoms with E-state index in [0.29, 0.717) is 18.0 Å². The van der Waals surface area contributed by atoms with Gasteiger partial charge in [-0.1, -0.05) is 19.9 Å². The van der Waals surface area contributed by atoms with E-state index >= 15 is 0 Å². The summed E-state index contributed by atoms with van der Waals surface area (Å²) in [7, 11) is 2.04. The fourth-order valence-electron chi connectivity index (χ4n) is 3.04. The molecule has 1 aromatic rings. The number of hydrogen-bond acceptors (Lipinski definition) is 3. The summed E-state index contributed by atoms with van der Waals surface area (Å²) in [6.45, 7) is 5.23. The molecule has 1 aliphatic rings. The van der Waals surface area contributed by atoms with Gasteiger partial charge in [0.05, 0.1) is 4.92 Å². The smallest absolute Gasteiger partial charge is 0.299 e. The first-order chi connectivity index (χ1) is 9.78. The lowest BCUT2D eigenvalue weighted by atomic mass is 9.75. The van der Waals surface area contributed by atoms with Crippen molar-refractivity contribution in [1.29, 1.82) is 0 Å². The number of nitrogens with zero attached hydrogens (tertiary/aromatic N) is 2. The first-order valence-electron chi connectivity index (χ1n) is 7.41. The number of rotatable bonds is 4. The van der Waals surface area contributed by atoms with E-state index in [0.717, 1.165) is 18.4 Å². The fraction of sp³-hybridized carbons (Fsp3) is 0.625. The second-order valence-corrected chi connectivity index (χ2v) is 6.85. The van der Waals surface area contributed by atoms with E-state index in [4.69, 9.17) is 0 Å². The Morgan fingerprint density at radius 3 is 2.52 bits per heavy atom. The van der Waals surface area contributed by atoms with Gasteiger partial charge in [0, 0.05) is 18.7 Å². The minimum Gasteiger partial charge on any atom is -0.299 e. The van der Waals surface area contributed by atoms with Crippen molar-refractivity contribution in [1.82, 2.24) is 4.90 Å². The van der Waals surface area contributed by atoms with Gasteiger partial charge in [-0.25, -0.2) is 0 Å². The number of benzene rings is 1. The van der Waals surface area contributed by atoms with E-state index in [9.17, 15) is 14.5 Å². The van der Waals surface area contributed by atoms with Crippen LogP contribution < -0.4 is 0 Å². The van der Waals surface area contributed by atoms with Gasteiger partial charge in [0.2, 0.25) is 5.82 Å². The van der Waals surface area contributed by atoms with Crippen LogP contribution in [0.1, 0.15) is 45.1 Å². The average Bonchev–Trinajstić information content (AvgIpc) is 2.38. The summed E-state index contributed by atoms with van der Waals surface area (Å²) in [5.41, 5.74) is 0.753. The van der Waals surface area contributed by atoms with Crippen molar-refractivity contribution in [3.8, 4) is 0 Å². The van der Waals surface area contributed by atoms with Gasteiger partial charge in [0.25, 0.3) is 0 Å². The topological polar surface area (TPSA) is 46.4 Å². The Hall–Kier alpha value is -1.49. The fourth-order valence-corrected chi connectivity index (χ4v) is 3.04. The molecule has 0 saturated heterocycles. The summed E-state index contributed by atoms with van der Waals surface area (Å²) in [5.74, 6) is -0.754. The average molecular weight is 294 g/mol. The van der Waals surface area contributed by atoms with Crippen LogP contribution >= 0.6 is 0 Å². The number of halogens is 1. The standard InChI is InChI=1S/C16H23FN2O2/c1-16(2)8-6-13(7-9-16)18(3)11-12-4-5-15(19(20)21)14(17)10-12/h4-5,10,13H,6-9,11H2,1-3H3. The normalized spacial score (nSPS) is 18.9. The molecule has 0 spiro atoms. The molecule has 0 aromatic heterocycles. The Bertz CT molecular complexity index is 521. The molecule has 0 N–H and O–H groups in total. The van der Waals surface area contributed by atoms with Crippen LogP contribution in [0.5, 0.6) is 0 Å². The summed E-state index contributed by atoms with van der Waals surface area (Å²) in [4.78, 5) is 12.2. The van der Waals surface area contributed by atoms with Crippen LogP contribution in [-0.4, -0.2) is 22.9 Å². The molecular weight excluding hydrogens is 271 g/mol. The quantitative estimate of drug-likeness (QED) is 0.619. The molecule has 4 nitrogen and oxygen atoms in total. The zero-order valence-electron chi connectivity index (χ0n) is 12.9. The lowest BCUT2D eigenvalue weighted by Gasteiger charge is -2.38. The third kappa shape index (κ3) is 4.00. The number of nitro groups is 1. The second-order valence-electron chi connectivity index (χ2n) is 6.85. The molecule has 0 heterocycles. The lowest BCUT2D eigenvalue weighted by Crippen LogP contribution is -2.36. The van der Waals surface area contributed by atoms with Gasteiger partial charge in [-0.15, -0.1) is 0 Å². The molecule has 21 heavy (non-hydrogen) atoms. The molecule has 1 aromatic carbocycles. The van der Waals surface area contributed by atoms with Gasteiger partial charge in [-0.2, -0.15) is 4.39 Å². The van der Waals surface area contributed by atoms with Gasteiger partial charge in [0.1, 0.15) is 0 Å². The van der Waals surface area contributed by atoms with E-state index in [-0.39, 0.29) is 0 Å². The van der Waals surface area contributed by atoms with Crippen molar-refractivity contribution >= 4 is 5.69 Å². The number of hydrogen-bond donors (Lipinski definition) is 0. The van der Waals surface area contributed by atoms with Crippen molar-refractivity contribution in [2.75, 3.05) is 7.05 Å². The van der Waals surface area contributed by atoms with Crippen LogP contribution in [0.25, 0.3) is 0 Å². The molecule has 0 amide bonds. The highest BCUT2D eigenvalue weighted by Crippen LogP contribution is 2.36. The molecule has 5 heteroatoms. The molecule has 0 atom stereocenters. The molecule has 0 radical (unpaired) electrons. The van der Waals surface area contributed by atoms with Crippen LogP contribution in [0.2, 0.25) is 0 Å². The Morgan fingerprint density at radius 1 is 1.38 bits per heavy atom. The van der Waals surface area contributed by atoms with Gasteiger partial charge < -0.3 is 0 Å². The lowest BCUT2D eigenvalue weighted by molar-refractivity contribution is -0.387. The summed E-state index contributed by atoms with van der Waals surface area (Å²) >= 11 is 0. The zero-order chi connectivity index (χ0) is 15.6. The molecule has 0 unspecified atom stereocenters. The van der Waals surface area contributed by atoms with E-state index in [1.54, 1.807) is 6.07 Å². The first-order valence-corrected chi connectivity index (χ1v) is 7.41. The maximum absolute atomic E-state index is 13.6. The Balaban J connectivity index is 1.98. The Morgan fingerprint density at radius 2 is 2.00 bits per heavy atom. The first kappa shape index (κ1) is 15.9. The predicted octanol–water partition coefficient (Wildman–Crippen LogP) is 4.13. The van der Waals surface area contributed by atoms with E-state index < -0.39 is 16.4 Å². The monoisotopic (exact) mass is 294 g/mol. The van der Waals surface area contributed by atoms with Crippen molar-refractivity contribution in [2.45, 2.75) is 52.1 Å². The maximum atomic E-state index is 13.6. The molecule has 116 valence electrons. The SMILES string of the molecule is CN(Cc1ccc([N+](=O)[O-])c(F)c1)C1CCC(C)(C)CC1. The van der Waals surface area contributed by atoms with Crippen molar-refractivity contribution < 1.29 is 9.31 Å². The number of nitro benzene ring substituents is 1. The van der Waals surface area contributed by atoms with Crippen LogP contribution in [0.4, 0.5) is 10.1 Å². The van der Waals surface area contributed by atoms with Gasteiger partial charge in [-0.3, -0.25) is 15.0 Å². The summed E-state index contributed by atoms with van der Waals surface area (Å²) in [6.07, 6.45) is 4.71. The van der Waals surface area contributed by atoms with E-state index in [1.165, 1.54) is 25.0 Å². The molecular formula is C16H23FN2O2. The van der Waals surface area contributed by atoms with Gasteiger partial charge in [-0.05, 0) is 49.8 Å². The highest BCUT2D eigenvalue weighted by Gasteiger charge is 2.28. The Kier molecular flexibility index (Phi) is 4.61. The largest absolute Gasteiger partial charge is 0.304 e. The van der Waals surface area contributed by atoms with Crippen molar-refractivity contribution in [3.05, 3.63) is 39.7 Å². The van der Waals surface area contributed by atoms with Crippen molar-refractivity contribution in [3.63, 3.8) is 0 Å². The van der Waals surface area contributed by atoms with Crippen LogP contribution in [0, 0.1) is 21.3 Å². The molecule has 1 aliphatic carbocycles. The molecule has 2 rings (SSSR count). The van der Waals surface area contributed by atoms with E-state index in [2.05, 4.69) is 18.7 Å². The highest BCUT2D eigenvalue weighted by molar-refractivity contribution is 5.34. The van der Waals surface area contributed by atoms with Gasteiger partial charge in [0.15, 0.2) is 0 Å². The van der Waals surface area contributed by atoms with E-state index in [1.807, 2.05) is 7.05 Å². The van der Waals surface area contributed by atoms with Crippen LogP contribution in [0.15, 0.2) is 18.2 Å². The third-order valence-electron chi connectivity index (χ3n) is 4.57. The predicted molar refractivity (Wildman–Crippen MR) is 80.6 cm³/mol. The summed E-state index contributed by atoms with van der Waals surface area (Å²) < 4.78 is 13.6. The Labute approximate surface area is 125 Å². The van der Waals surface area contributed by atoms with Crippen LogP contribution in [0.3, 0.4) is 0 Å². The second kappa shape index (κ2) is 6.10. The minimum absolute atomic E-state index is 0.427. The summed E-state index contributed by atoms with van der Waals surface area (Å²) in [6, 6.07) is 4.69. The maximum Gasteiger partial charge on any atom is 0.304 e. The summed E-state index contributed by atoms with van der Waals surface area (Å²) in [5, 5.41) is 10.6. The zero-order valence-corrected chi connectivity index (χ0v) is 12.9.